The molecule has 1 amide bonds. The van der Waals surface area contributed by atoms with E-state index in [-0.39, 0.29) is 17.9 Å². The third-order valence-electron chi connectivity index (χ3n) is 2.27. The van der Waals surface area contributed by atoms with Crippen molar-refractivity contribution in [3.63, 3.8) is 0 Å². The summed E-state index contributed by atoms with van der Waals surface area (Å²) in [6, 6.07) is 7.46. The van der Waals surface area contributed by atoms with Crippen molar-refractivity contribution in [2.75, 3.05) is 0 Å². The first-order valence-corrected chi connectivity index (χ1v) is 8.26. The molecule has 0 N–H and O–H groups in total. The number of nitrogens with zero attached hydrogens (tertiary/aromatic N) is 1. The van der Waals surface area contributed by atoms with Gasteiger partial charge in [-0.15, -0.1) is 0 Å². The van der Waals surface area contributed by atoms with Crippen LogP contribution in [0.1, 0.15) is 31.1 Å². The van der Waals surface area contributed by atoms with Crippen molar-refractivity contribution in [2.24, 2.45) is 0 Å². The van der Waals surface area contributed by atoms with E-state index in [4.69, 9.17) is 3.07 Å². The Balaban J connectivity index is 2.45. The van der Waals surface area contributed by atoms with Crippen LogP contribution in [0.5, 0.6) is 0 Å². The predicted molar refractivity (Wildman–Crippen MR) is 72.2 cm³/mol. The minimum atomic E-state index is -2.33. The molecule has 1 aromatic rings. The number of fused-ring (bicyclic) bond motifs is 1. The molecule has 4 nitrogen and oxygen atoms in total. The average molecular weight is 347 g/mol. The van der Waals surface area contributed by atoms with Crippen molar-refractivity contribution in [1.82, 2.24) is 3.11 Å². The fraction of sp³-hybridized carbons (Fsp3) is 0.333. The molecule has 0 radical (unpaired) electrons. The van der Waals surface area contributed by atoms with E-state index in [1.165, 1.54) is 6.92 Å². The fourth-order valence-electron chi connectivity index (χ4n) is 1.65. The van der Waals surface area contributed by atoms with Crippen LogP contribution in [-0.4, -0.2) is 21.0 Å². The normalized spacial score (nSPS) is 16.4. The molecular weight excluding hydrogens is 333 g/mol. The van der Waals surface area contributed by atoms with Gasteiger partial charge < -0.3 is 0 Å². The van der Waals surface area contributed by atoms with Crippen molar-refractivity contribution in [3.8, 4) is 0 Å². The summed E-state index contributed by atoms with van der Waals surface area (Å²) in [5.74, 6) is -0.326. The molecule has 1 aliphatic rings. The zero-order valence-corrected chi connectivity index (χ0v) is 12.1. The molecule has 17 heavy (non-hydrogen) atoms. The standard InChI is InChI=1S/C12H14INO3/c1-8(2)14-12(16)10-6-4-5-7-11(10)13(14)17-9(3)15/h4-8H,1-3H3. The van der Waals surface area contributed by atoms with Crippen LogP contribution in [0.3, 0.4) is 0 Å². The molecule has 5 heteroatoms. The molecule has 0 saturated heterocycles. The van der Waals surface area contributed by atoms with E-state index in [2.05, 4.69) is 0 Å². The first-order valence-electron chi connectivity index (χ1n) is 5.34. The van der Waals surface area contributed by atoms with Gasteiger partial charge in [0.15, 0.2) is 0 Å². The van der Waals surface area contributed by atoms with Crippen LogP contribution in [0.2, 0.25) is 0 Å². The second-order valence-corrected chi connectivity index (χ2v) is 7.95. The zero-order chi connectivity index (χ0) is 12.6. The van der Waals surface area contributed by atoms with Gasteiger partial charge in [-0.05, 0) is 0 Å². The molecular formula is C12H14INO3. The van der Waals surface area contributed by atoms with Crippen molar-refractivity contribution < 1.29 is 12.7 Å². The Kier molecular flexibility index (Phi) is 3.37. The first kappa shape index (κ1) is 12.3. The van der Waals surface area contributed by atoms with Crippen molar-refractivity contribution in [2.45, 2.75) is 26.8 Å². The van der Waals surface area contributed by atoms with Crippen LogP contribution >= 0.6 is 20.5 Å². The Morgan fingerprint density at radius 3 is 2.59 bits per heavy atom. The van der Waals surface area contributed by atoms with Gasteiger partial charge in [-0.2, -0.15) is 0 Å². The molecule has 1 heterocycles. The van der Waals surface area contributed by atoms with E-state index in [9.17, 15) is 9.59 Å². The van der Waals surface area contributed by atoms with Gasteiger partial charge in [-0.3, -0.25) is 0 Å². The number of hydrogen-bond acceptors (Lipinski definition) is 3. The maximum absolute atomic E-state index is 12.2. The summed E-state index contributed by atoms with van der Waals surface area (Å²) in [7, 11) is 0. The van der Waals surface area contributed by atoms with E-state index in [1.54, 1.807) is 9.18 Å². The van der Waals surface area contributed by atoms with Gasteiger partial charge >= 0.3 is 108 Å². The Bertz CT molecular complexity index is 473. The quantitative estimate of drug-likeness (QED) is 0.610. The second kappa shape index (κ2) is 4.64. The van der Waals surface area contributed by atoms with Crippen LogP contribution in [0.25, 0.3) is 0 Å². The molecule has 0 aliphatic carbocycles. The molecule has 0 saturated carbocycles. The SMILES string of the molecule is CC(=O)OI1c2ccccc2C(=O)N1C(C)C. The molecule has 0 fully saturated rings. The zero-order valence-electron chi connectivity index (χ0n) is 9.94. The summed E-state index contributed by atoms with van der Waals surface area (Å²) >= 11 is -2.33. The molecule has 0 atom stereocenters. The summed E-state index contributed by atoms with van der Waals surface area (Å²) in [6.45, 7) is 5.27. The molecule has 0 unspecified atom stereocenters. The number of carbonyl (C=O) groups excluding carboxylic acids is 2. The predicted octanol–water partition coefficient (Wildman–Crippen LogP) is 2.62. The molecule has 1 aromatic carbocycles. The Labute approximate surface area is 108 Å². The van der Waals surface area contributed by atoms with Gasteiger partial charge in [-0.25, -0.2) is 0 Å². The Morgan fingerprint density at radius 1 is 1.35 bits per heavy atom. The van der Waals surface area contributed by atoms with Crippen LogP contribution < -0.4 is 0 Å². The number of amides is 1. The van der Waals surface area contributed by atoms with E-state index in [1.807, 2.05) is 32.0 Å². The number of hydrogen-bond donors (Lipinski definition) is 0. The topological polar surface area (TPSA) is 46.6 Å². The van der Waals surface area contributed by atoms with E-state index in [0.29, 0.717) is 5.56 Å². The third-order valence-corrected chi connectivity index (χ3v) is 7.74. The molecule has 2 rings (SSSR count). The van der Waals surface area contributed by atoms with Gasteiger partial charge in [-0.1, -0.05) is 0 Å². The summed E-state index contributed by atoms with van der Waals surface area (Å²) in [6.07, 6.45) is 0. The van der Waals surface area contributed by atoms with Crippen LogP contribution in [-0.2, 0) is 7.86 Å². The molecule has 92 valence electrons. The molecule has 0 aromatic heterocycles. The summed E-state index contributed by atoms with van der Waals surface area (Å²) in [5, 5.41) is 0. The molecule has 0 spiro atoms. The number of halogens is 1. The van der Waals surface area contributed by atoms with Crippen molar-refractivity contribution in [1.29, 1.82) is 0 Å². The van der Waals surface area contributed by atoms with Gasteiger partial charge in [0.2, 0.25) is 0 Å². The van der Waals surface area contributed by atoms with Gasteiger partial charge in [0, 0.05) is 0 Å². The summed E-state index contributed by atoms with van der Waals surface area (Å²) in [4.78, 5) is 23.4. The number of benzene rings is 1. The van der Waals surface area contributed by atoms with E-state index < -0.39 is 20.5 Å². The van der Waals surface area contributed by atoms with Crippen LogP contribution in [0, 0.1) is 3.57 Å². The number of rotatable bonds is 2. The summed E-state index contributed by atoms with van der Waals surface area (Å²) in [5.41, 5.74) is 0.688. The van der Waals surface area contributed by atoms with Crippen LogP contribution in [0.4, 0.5) is 0 Å². The molecule has 1 aliphatic heterocycles. The Hall–Kier alpha value is -1.11. The maximum atomic E-state index is 12.2. The minimum absolute atomic E-state index is 0.0120. The Morgan fingerprint density at radius 2 is 2.00 bits per heavy atom. The average Bonchev–Trinajstić information content (AvgIpc) is 2.52. The number of carbonyl (C=O) groups is 2. The molecule has 0 bridgehead atoms. The summed E-state index contributed by atoms with van der Waals surface area (Å²) < 4.78 is 8.07. The van der Waals surface area contributed by atoms with Crippen molar-refractivity contribution in [3.05, 3.63) is 33.4 Å². The fourth-order valence-corrected chi connectivity index (χ4v) is 6.34. The first-order chi connectivity index (χ1) is 8.02. The van der Waals surface area contributed by atoms with E-state index in [0.717, 1.165) is 3.57 Å². The third kappa shape index (κ3) is 2.15. The van der Waals surface area contributed by atoms with E-state index >= 15 is 0 Å². The van der Waals surface area contributed by atoms with Crippen LogP contribution in [0.15, 0.2) is 24.3 Å². The van der Waals surface area contributed by atoms with Crippen molar-refractivity contribution >= 4 is 32.4 Å². The van der Waals surface area contributed by atoms with Gasteiger partial charge in [0.25, 0.3) is 0 Å². The monoisotopic (exact) mass is 347 g/mol. The van der Waals surface area contributed by atoms with Gasteiger partial charge in [0.1, 0.15) is 0 Å². The second-order valence-electron chi connectivity index (χ2n) is 3.99. The van der Waals surface area contributed by atoms with Gasteiger partial charge in [0.05, 0.1) is 0 Å².